The minimum Gasteiger partial charge on any atom is -0.310 e. The maximum atomic E-state index is 14.9. The van der Waals surface area contributed by atoms with Gasteiger partial charge in [-0.15, -0.1) is 0 Å². The Labute approximate surface area is 208 Å². The highest BCUT2D eigenvalue weighted by Gasteiger charge is 2.30. The summed E-state index contributed by atoms with van der Waals surface area (Å²) in [4.78, 5) is 25.0. The molecule has 0 fully saturated rings. The van der Waals surface area contributed by atoms with E-state index < -0.39 is 23.5 Å². The number of anilines is 1. The Morgan fingerprint density at radius 3 is 2.59 bits per heavy atom. The topological polar surface area (TPSA) is 72.2 Å². The maximum Gasteiger partial charge on any atom is 0.416 e. The second-order valence-electron chi connectivity index (χ2n) is 8.41. The number of alkyl halides is 3. The average Bonchev–Trinajstić information content (AvgIpc) is 3.28. The van der Waals surface area contributed by atoms with Gasteiger partial charge in [0, 0.05) is 29.2 Å². The van der Waals surface area contributed by atoms with E-state index in [9.17, 15) is 22.4 Å². The van der Waals surface area contributed by atoms with E-state index in [0.717, 1.165) is 35.3 Å². The van der Waals surface area contributed by atoms with Gasteiger partial charge in [0.2, 0.25) is 5.91 Å². The molecule has 1 amide bonds. The van der Waals surface area contributed by atoms with Crippen molar-refractivity contribution in [1.29, 1.82) is 0 Å². The molecule has 1 N–H and O–H groups in total. The van der Waals surface area contributed by atoms with Gasteiger partial charge in [-0.3, -0.25) is 14.2 Å². The Morgan fingerprint density at radius 2 is 1.84 bits per heavy atom. The fourth-order valence-electron chi connectivity index (χ4n) is 3.94. The van der Waals surface area contributed by atoms with Crippen LogP contribution in [0.3, 0.4) is 0 Å². The molecular weight excluding hydrogens is 486 g/mol. The Balaban J connectivity index is 1.34. The maximum absolute atomic E-state index is 14.9. The number of imidazole rings is 1. The minimum atomic E-state index is -4.57. The van der Waals surface area contributed by atoms with Gasteiger partial charge in [-0.2, -0.15) is 13.2 Å². The van der Waals surface area contributed by atoms with Gasteiger partial charge in [0.05, 0.1) is 29.6 Å². The molecule has 186 valence electrons. The molecule has 0 aliphatic carbocycles. The summed E-state index contributed by atoms with van der Waals surface area (Å²) in [7, 11) is 0. The number of hydrogen-bond donors (Lipinski definition) is 1. The molecule has 4 aromatic heterocycles. The molecule has 0 unspecified atom stereocenters. The van der Waals surface area contributed by atoms with E-state index in [4.69, 9.17) is 0 Å². The van der Waals surface area contributed by atoms with Crippen molar-refractivity contribution in [1.82, 2.24) is 19.4 Å². The SMILES string of the molecule is Cc1cccc(-c2ccn3c(-c4ccc(CC(=O)Nc5cc(C(F)(F)F)ccn5)c(F)c4)cnc3c2)n1. The van der Waals surface area contributed by atoms with E-state index >= 15 is 0 Å². The summed E-state index contributed by atoms with van der Waals surface area (Å²) in [6, 6.07) is 15.5. The van der Waals surface area contributed by atoms with Gasteiger partial charge in [-0.1, -0.05) is 18.2 Å². The van der Waals surface area contributed by atoms with Gasteiger partial charge in [-0.05, 0) is 55.0 Å². The first-order chi connectivity index (χ1) is 17.7. The zero-order chi connectivity index (χ0) is 26.2. The second kappa shape index (κ2) is 9.45. The fourth-order valence-corrected chi connectivity index (χ4v) is 3.94. The molecule has 0 saturated carbocycles. The first kappa shape index (κ1) is 24.1. The number of benzene rings is 1. The Kier molecular flexibility index (Phi) is 6.16. The van der Waals surface area contributed by atoms with Gasteiger partial charge in [0.1, 0.15) is 17.3 Å². The monoisotopic (exact) mass is 505 g/mol. The molecule has 6 nitrogen and oxygen atoms in total. The molecule has 0 bridgehead atoms. The number of fused-ring (bicyclic) bond motifs is 1. The quantitative estimate of drug-likeness (QED) is 0.293. The largest absolute Gasteiger partial charge is 0.416 e. The zero-order valence-electron chi connectivity index (χ0n) is 19.4. The molecule has 5 aromatic rings. The lowest BCUT2D eigenvalue weighted by molar-refractivity contribution is -0.137. The molecule has 0 atom stereocenters. The molecule has 4 heterocycles. The van der Waals surface area contributed by atoms with Crippen LogP contribution < -0.4 is 5.32 Å². The smallest absolute Gasteiger partial charge is 0.310 e. The molecule has 37 heavy (non-hydrogen) atoms. The summed E-state index contributed by atoms with van der Waals surface area (Å²) >= 11 is 0. The lowest BCUT2D eigenvalue weighted by Crippen LogP contribution is -2.17. The molecule has 0 spiro atoms. The van der Waals surface area contributed by atoms with E-state index in [2.05, 4.69) is 20.3 Å². The Morgan fingerprint density at radius 1 is 1.00 bits per heavy atom. The number of aryl methyl sites for hydroxylation is 1. The van der Waals surface area contributed by atoms with Crippen molar-refractivity contribution in [2.45, 2.75) is 19.5 Å². The van der Waals surface area contributed by atoms with Crippen molar-refractivity contribution in [3.63, 3.8) is 0 Å². The first-order valence-corrected chi connectivity index (χ1v) is 11.2. The van der Waals surface area contributed by atoms with Crippen LogP contribution in [-0.4, -0.2) is 25.3 Å². The van der Waals surface area contributed by atoms with Gasteiger partial charge < -0.3 is 5.32 Å². The lowest BCUT2D eigenvalue weighted by Gasteiger charge is -2.10. The number of rotatable bonds is 5. The minimum absolute atomic E-state index is 0.0925. The van der Waals surface area contributed by atoms with Crippen molar-refractivity contribution < 1.29 is 22.4 Å². The molecule has 1 aromatic carbocycles. The van der Waals surface area contributed by atoms with Crippen molar-refractivity contribution in [3.05, 3.63) is 102 Å². The number of pyridine rings is 3. The van der Waals surface area contributed by atoms with Crippen LogP contribution in [-0.2, 0) is 17.4 Å². The zero-order valence-corrected chi connectivity index (χ0v) is 19.4. The van der Waals surface area contributed by atoms with Gasteiger partial charge >= 0.3 is 6.18 Å². The van der Waals surface area contributed by atoms with Crippen LogP contribution in [0.4, 0.5) is 23.4 Å². The highest BCUT2D eigenvalue weighted by Crippen LogP contribution is 2.30. The fraction of sp³-hybridized carbons (Fsp3) is 0.111. The van der Waals surface area contributed by atoms with E-state index in [1.165, 1.54) is 12.1 Å². The summed E-state index contributed by atoms with van der Waals surface area (Å²) in [5, 5.41) is 2.28. The number of nitrogens with one attached hydrogen (secondary N) is 1. The normalized spacial score (nSPS) is 11.6. The summed E-state index contributed by atoms with van der Waals surface area (Å²) in [5.74, 6) is -1.58. The van der Waals surface area contributed by atoms with Gasteiger partial charge in [0.15, 0.2) is 0 Å². The molecule has 5 rings (SSSR count). The number of aromatic nitrogens is 4. The molecule has 0 saturated heterocycles. The van der Waals surface area contributed by atoms with Crippen LogP contribution >= 0.6 is 0 Å². The standard InChI is InChI=1S/C27H19F4N5O/c1-16-3-2-4-22(34-16)18-8-10-36-23(15-33-25(36)12-18)19-6-5-17(21(28)11-19)13-26(37)35-24-14-20(7-9-32-24)27(29,30)31/h2-12,14-15H,13H2,1H3,(H,32,35,37). The molecule has 10 heteroatoms. The van der Waals surface area contributed by atoms with Crippen LogP contribution in [0.25, 0.3) is 28.2 Å². The number of halogens is 4. The Hall–Kier alpha value is -4.60. The van der Waals surface area contributed by atoms with Crippen LogP contribution in [0.2, 0.25) is 0 Å². The van der Waals surface area contributed by atoms with Crippen LogP contribution in [0.15, 0.2) is 79.3 Å². The number of carbonyl (C=O) groups excluding carboxylic acids is 1. The predicted molar refractivity (Wildman–Crippen MR) is 130 cm³/mol. The highest BCUT2D eigenvalue weighted by atomic mass is 19.4. The first-order valence-electron chi connectivity index (χ1n) is 11.2. The van der Waals surface area contributed by atoms with E-state index in [1.807, 2.05) is 47.9 Å². The van der Waals surface area contributed by atoms with E-state index in [-0.39, 0.29) is 17.8 Å². The van der Waals surface area contributed by atoms with Crippen LogP contribution in [0.1, 0.15) is 16.8 Å². The van der Waals surface area contributed by atoms with Crippen molar-refractivity contribution in [2.75, 3.05) is 5.32 Å². The molecular formula is C27H19F4N5O. The molecule has 0 radical (unpaired) electrons. The van der Waals surface area contributed by atoms with Gasteiger partial charge in [0.25, 0.3) is 0 Å². The Bertz CT molecular complexity index is 1630. The van der Waals surface area contributed by atoms with E-state index in [0.29, 0.717) is 16.9 Å². The predicted octanol–water partition coefficient (Wildman–Crippen LogP) is 6.11. The van der Waals surface area contributed by atoms with Crippen molar-refractivity contribution in [2.24, 2.45) is 0 Å². The third-order valence-electron chi connectivity index (χ3n) is 5.75. The summed E-state index contributed by atoms with van der Waals surface area (Å²) in [6.45, 7) is 1.92. The number of nitrogens with zero attached hydrogens (tertiary/aromatic N) is 4. The van der Waals surface area contributed by atoms with Crippen LogP contribution in [0.5, 0.6) is 0 Å². The summed E-state index contributed by atoms with van der Waals surface area (Å²) in [6.07, 6.45) is -0.531. The highest BCUT2D eigenvalue weighted by molar-refractivity contribution is 5.91. The third-order valence-corrected chi connectivity index (χ3v) is 5.75. The number of carbonyl (C=O) groups is 1. The number of amides is 1. The summed E-state index contributed by atoms with van der Waals surface area (Å²) in [5.41, 5.74) is 3.64. The summed E-state index contributed by atoms with van der Waals surface area (Å²) < 4.78 is 55.3. The lowest BCUT2D eigenvalue weighted by atomic mass is 10.1. The molecule has 0 aliphatic heterocycles. The van der Waals surface area contributed by atoms with Crippen molar-refractivity contribution in [3.8, 4) is 22.5 Å². The van der Waals surface area contributed by atoms with Gasteiger partial charge in [-0.25, -0.2) is 14.4 Å². The van der Waals surface area contributed by atoms with Crippen molar-refractivity contribution >= 4 is 17.4 Å². The average molecular weight is 505 g/mol. The third kappa shape index (κ3) is 5.18. The van der Waals surface area contributed by atoms with E-state index in [1.54, 1.807) is 12.3 Å². The number of hydrogen-bond acceptors (Lipinski definition) is 4. The second-order valence-corrected chi connectivity index (χ2v) is 8.41. The molecule has 0 aliphatic rings. The van der Waals surface area contributed by atoms with Crippen LogP contribution in [0, 0.1) is 12.7 Å².